The molecule has 1 amide bonds. The Hall–Kier alpha value is -2.73. The Morgan fingerprint density at radius 2 is 1.89 bits per heavy atom. The second-order valence-corrected chi connectivity index (χ2v) is 7.35. The number of thioether (sulfide) groups is 1. The van der Waals surface area contributed by atoms with Gasteiger partial charge in [0.1, 0.15) is 5.75 Å². The highest BCUT2D eigenvalue weighted by Crippen LogP contribution is 2.28. The number of amides is 1. The minimum Gasteiger partial charge on any atom is -0.495 e. The number of aromatic nitrogens is 2. The molecule has 27 heavy (non-hydrogen) atoms. The zero-order valence-electron chi connectivity index (χ0n) is 15.9. The predicted octanol–water partition coefficient (Wildman–Crippen LogP) is 4.54. The van der Waals surface area contributed by atoms with Gasteiger partial charge in [-0.25, -0.2) is 4.98 Å². The largest absolute Gasteiger partial charge is 0.495 e. The molecular weight excluding hydrogens is 358 g/mol. The molecule has 0 unspecified atom stereocenters. The Labute approximate surface area is 163 Å². The van der Waals surface area contributed by atoms with Gasteiger partial charge >= 0.3 is 0 Å². The summed E-state index contributed by atoms with van der Waals surface area (Å²) in [5, 5.41) is 3.73. The van der Waals surface area contributed by atoms with Gasteiger partial charge in [0.05, 0.1) is 18.6 Å². The number of anilines is 1. The maximum absolute atomic E-state index is 12.4. The van der Waals surface area contributed by atoms with Crippen LogP contribution < -0.4 is 10.1 Å². The standard InChI is InChI=1S/C21H23N3O2S/c1-14-5-7-16(3)17(11-14)23-20(25)13-27-21-22-9-10-24(21)18-12-15(2)6-8-19(18)26-4/h5-12H,13H2,1-4H3,(H,23,25). The van der Waals surface area contributed by atoms with Crippen LogP contribution in [-0.2, 0) is 4.79 Å². The number of carbonyl (C=O) groups is 1. The van der Waals surface area contributed by atoms with Crippen molar-refractivity contribution in [3.05, 3.63) is 65.5 Å². The number of rotatable bonds is 6. The molecule has 0 fully saturated rings. The van der Waals surface area contributed by atoms with Gasteiger partial charge in [-0.15, -0.1) is 0 Å². The summed E-state index contributed by atoms with van der Waals surface area (Å²) in [6.45, 7) is 6.03. The third-order valence-electron chi connectivity index (χ3n) is 4.20. The van der Waals surface area contributed by atoms with Crippen molar-refractivity contribution in [3.63, 3.8) is 0 Å². The molecule has 1 aromatic heterocycles. The third-order valence-corrected chi connectivity index (χ3v) is 5.17. The van der Waals surface area contributed by atoms with Crippen LogP contribution in [0.1, 0.15) is 16.7 Å². The minimum absolute atomic E-state index is 0.0561. The fourth-order valence-electron chi connectivity index (χ4n) is 2.76. The summed E-state index contributed by atoms with van der Waals surface area (Å²) in [5.41, 5.74) is 5.05. The predicted molar refractivity (Wildman–Crippen MR) is 110 cm³/mol. The summed E-state index contributed by atoms with van der Waals surface area (Å²) in [6, 6.07) is 12.0. The van der Waals surface area contributed by atoms with Crippen LogP contribution in [0.4, 0.5) is 5.69 Å². The topological polar surface area (TPSA) is 56.2 Å². The number of hydrogen-bond acceptors (Lipinski definition) is 4. The van der Waals surface area contributed by atoms with Crippen LogP contribution in [0.3, 0.4) is 0 Å². The quantitative estimate of drug-likeness (QED) is 0.637. The number of aryl methyl sites for hydroxylation is 3. The monoisotopic (exact) mass is 381 g/mol. The highest BCUT2D eigenvalue weighted by molar-refractivity contribution is 7.99. The van der Waals surface area contributed by atoms with Crippen molar-refractivity contribution in [2.45, 2.75) is 25.9 Å². The molecule has 0 radical (unpaired) electrons. The lowest BCUT2D eigenvalue weighted by Crippen LogP contribution is -2.15. The SMILES string of the molecule is COc1ccc(C)cc1-n1ccnc1SCC(=O)Nc1cc(C)ccc1C. The number of benzene rings is 2. The van der Waals surface area contributed by atoms with Crippen LogP contribution in [0.5, 0.6) is 5.75 Å². The summed E-state index contributed by atoms with van der Waals surface area (Å²) in [6.07, 6.45) is 3.61. The van der Waals surface area contributed by atoms with Gasteiger partial charge in [0.15, 0.2) is 5.16 Å². The van der Waals surface area contributed by atoms with Crippen LogP contribution >= 0.6 is 11.8 Å². The fraction of sp³-hybridized carbons (Fsp3) is 0.238. The average Bonchev–Trinajstić information content (AvgIpc) is 3.11. The second kappa shape index (κ2) is 8.31. The summed E-state index contributed by atoms with van der Waals surface area (Å²) in [4.78, 5) is 16.8. The zero-order chi connectivity index (χ0) is 19.4. The van der Waals surface area contributed by atoms with E-state index in [9.17, 15) is 4.79 Å². The molecule has 2 aromatic carbocycles. The van der Waals surface area contributed by atoms with Crippen molar-refractivity contribution in [1.29, 1.82) is 0 Å². The highest BCUT2D eigenvalue weighted by Gasteiger charge is 2.13. The van der Waals surface area contributed by atoms with Gasteiger partial charge in [0.2, 0.25) is 5.91 Å². The number of nitrogens with one attached hydrogen (secondary N) is 1. The van der Waals surface area contributed by atoms with Crippen molar-refractivity contribution < 1.29 is 9.53 Å². The second-order valence-electron chi connectivity index (χ2n) is 6.41. The fourth-order valence-corrected chi connectivity index (χ4v) is 3.52. The number of imidazole rings is 1. The average molecular weight is 382 g/mol. The molecule has 0 saturated heterocycles. The van der Waals surface area contributed by atoms with E-state index >= 15 is 0 Å². The van der Waals surface area contributed by atoms with Crippen molar-refractivity contribution in [2.75, 3.05) is 18.2 Å². The normalized spacial score (nSPS) is 10.7. The van der Waals surface area contributed by atoms with Crippen LogP contribution in [0.15, 0.2) is 53.9 Å². The van der Waals surface area contributed by atoms with Crippen LogP contribution in [0.2, 0.25) is 0 Å². The Morgan fingerprint density at radius 3 is 2.67 bits per heavy atom. The van der Waals surface area contributed by atoms with Crippen molar-refractivity contribution in [3.8, 4) is 11.4 Å². The molecule has 0 saturated carbocycles. The van der Waals surface area contributed by atoms with E-state index in [2.05, 4.69) is 10.3 Å². The molecule has 1 N–H and O–H groups in total. The summed E-state index contributed by atoms with van der Waals surface area (Å²) < 4.78 is 7.42. The molecule has 6 heteroatoms. The maximum Gasteiger partial charge on any atom is 0.234 e. The Bertz CT molecular complexity index is 966. The molecule has 3 rings (SSSR count). The molecular formula is C21H23N3O2S. The minimum atomic E-state index is -0.0561. The molecule has 5 nitrogen and oxygen atoms in total. The van der Waals surface area contributed by atoms with Gasteiger partial charge in [-0.05, 0) is 55.7 Å². The summed E-state index contributed by atoms with van der Waals surface area (Å²) in [7, 11) is 1.65. The van der Waals surface area contributed by atoms with Crippen molar-refractivity contribution in [1.82, 2.24) is 9.55 Å². The first-order chi connectivity index (χ1) is 13.0. The van der Waals surface area contributed by atoms with E-state index in [-0.39, 0.29) is 11.7 Å². The maximum atomic E-state index is 12.4. The highest BCUT2D eigenvalue weighted by atomic mass is 32.2. The van der Waals surface area contributed by atoms with E-state index in [0.717, 1.165) is 39.0 Å². The Balaban J connectivity index is 1.73. The van der Waals surface area contributed by atoms with Crippen molar-refractivity contribution >= 4 is 23.4 Å². The lowest BCUT2D eigenvalue weighted by atomic mass is 10.1. The first-order valence-electron chi connectivity index (χ1n) is 8.66. The first-order valence-corrected chi connectivity index (χ1v) is 9.65. The third kappa shape index (κ3) is 4.52. The smallest absolute Gasteiger partial charge is 0.234 e. The number of carbonyl (C=O) groups excluding carboxylic acids is 1. The molecule has 0 aliphatic rings. The Kier molecular flexibility index (Phi) is 5.86. The van der Waals surface area contributed by atoms with E-state index in [0.29, 0.717) is 0 Å². The molecule has 0 aliphatic heterocycles. The Morgan fingerprint density at radius 1 is 1.15 bits per heavy atom. The van der Waals surface area contributed by atoms with Gasteiger partial charge in [-0.1, -0.05) is 30.0 Å². The zero-order valence-corrected chi connectivity index (χ0v) is 16.8. The number of hydrogen-bond donors (Lipinski definition) is 1. The van der Waals surface area contributed by atoms with Crippen LogP contribution in [-0.4, -0.2) is 28.3 Å². The lowest BCUT2D eigenvalue weighted by Gasteiger charge is -2.13. The molecule has 0 bridgehead atoms. The first kappa shape index (κ1) is 19.0. The van der Waals surface area contributed by atoms with E-state index < -0.39 is 0 Å². The van der Waals surface area contributed by atoms with Gasteiger partial charge in [-0.3, -0.25) is 9.36 Å². The van der Waals surface area contributed by atoms with E-state index in [1.165, 1.54) is 11.8 Å². The summed E-state index contributed by atoms with van der Waals surface area (Å²) in [5.74, 6) is 0.984. The van der Waals surface area contributed by atoms with Crippen molar-refractivity contribution in [2.24, 2.45) is 0 Å². The number of nitrogens with zero attached hydrogens (tertiary/aromatic N) is 2. The molecule has 1 heterocycles. The van der Waals surface area contributed by atoms with E-state index in [1.54, 1.807) is 13.3 Å². The number of ether oxygens (including phenoxy) is 1. The van der Waals surface area contributed by atoms with Gasteiger partial charge in [0.25, 0.3) is 0 Å². The molecule has 0 aliphatic carbocycles. The van der Waals surface area contributed by atoms with Gasteiger partial charge < -0.3 is 10.1 Å². The van der Waals surface area contributed by atoms with Crippen LogP contribution in [0.25, 0.3) is 5.69 Å². The van der Waals surface area contributed by atoms with Crippen LogP contribution in [0, 0.1) is 20.8 Å². The molecule has 140 valence electrons. The number of methoxy groups -OCH3 is 1. The summed E-state index contributed by atoms with van der Waals surface area (Å²) >= 11 is 1.40. The lowest BCUT2D eigenvalue weighted by molar-refractivity contribution is -0.113. The van der Waals surface area contributed by atoms with Gasteiger partial charge in [0, 0.05) is 18.1 Å². The molecule has 0 atom stereocenters. The van der Waals surface area contributed by atoms with E-state index in [1.807, 2.05) is 67.9 Å². The molecule has 0 spiro atoms. The van der Waals surface area contributed by atoms with E-state index in [4.69, 9.17) is 4.74 Å². The van der Waals surface area contributed by atoms with Gasteiger partial charge in [-0.2, -0.15) is 0 Å². The molecule has 3 aromatic rings.